The molecule has 4 N–H and O–H groups in total. The number of rotatable bonds is 7. The van der Waals surface area contributed by atoms with E-state index in [4.69, 9.17) is 10.8 Å². The molecule has 2 heterocycles. The fraction of sp³-hybridized carbons (Fsp3) is 0.278. The second-order valence-corrected chi connectivity index (χ2v) is 8.11. The van der Waals surface area contributed by atoms with E-state index in [0.29, 0.717) is 23.5 Å². The van der Waals surface area contributed by atoms with E-state index in [9.17, 15) is 8.42 Å². The molecule has 1 aromatic carbocycles. The molecule has 10 heteroatoms. The molecule has 0 aliphatic heterocycles. The molecule has 148 valence electrons. The van der Waals surface area contributed by atoms with E-state index in [0.717, 1.165) is 11.3 Å². The van der Waals surface area contributed by atoms with Crippen LogP contribution in [0.25, 0.3) is 17.1 Å². The molecule has 0 fully saturated rings. The van der Waals surface area contributed by atoms with Gasteiger partial charge in [-0.15, -0.1) is 0 Å². The Labute approximate surface area is 163 Å². The van der Waals surface area contributed by atoms with Gasteiger partial charge in [-0.1, -0.05) is 6.07 Å². The zero-order valence-corrected chi connectivity index (χ0v) is 16.4. The lowest BCUT2D eigenvalue weighted by Gasteiger charge is -2.12. The van der Waals surface area contributed by atoms with Crippen LogP contribution in [0.2, 0.25) is 0 Å². The molecule has 0 unspecified atom stereocenters. The predicted molar refractivity (Wildman–Crippen MR) is 105 cm³/mol. The monoisotopic (exact) mass is 402 g/mol. The first kappa shape index (κ1) is 19.9. The largest absolute Gasteiger partial charge is 0.396 e. The van der Waals surface area contributed by atoms with Crippen LogP contribution in [0.15, 0.2) is 41.8 Å². The van der Waals surface area contributed by atoms with Crippen molar-refractivity contribution in [3.05, 3.63) is 48.2 Å². The third-order valence-electron chi connectivity index (χ3n) is 4.16. The lowest BCUT2D eigenvalue weighted by Crippen LogP contribution is -2.25. The molecular formula is C18H22N6O3S. The minimum atomic E-state index is -3.70. The summed E-state index contributed by atoms with van der Waals surface area (Å²) in [5, 5.41) is 8.84. The first-order valence-electron chi connectivity index (χ1n) is 8.67. The normalized spacial score (nSPS) is 11.7. The minimum Gasteiger partial charge on any atom is -0.396 e. The number of hydrogen-bond donors (Lipinski definition) is 3. The molecule has 0 aliphatic carbocycles. The van der Waals surface area contributed by atoms with Crippen molar-refractivity contribution in [1.82, 2.24) is 24.2 Å². The van der Waals surface area contributed by atoms with Crippen molar-refractivity contribution < 1.29 is 13.5 Å². The predicted octanol–water partition coefficient (Wildman–Crippen LogP) is 1.19. The Morgan fingerprint density at radius 1 is 1.25 bits per heavy atom. The van der Waals surface area contributed by atoms with Gasteiger partial charge >= 0.3 is 0 Å². The highest BCUT2D eigenvalue weighted by Crippen LogP contribution is 2.26. The number of nitrogens with two attached hydrogens (primary N) is 1. The summed E-state index contributed by atoms with van der Waals surface area (Å²) in [7, 11) is -3.70. The van der Waals surface area contributed by atoms with Gasteiger partial charge in [-0.2, -0.15) is 0 Å². The van der Waals surface area contributed by atoms with Gasteiger partial charge in [-0.05, 0) is 38.0 Å². The molecule has 0 amide bonds. The maximum Gasteiger partial charge on any atom is 0.240 e. The number of nitrogens with zero attached hydrogens (tertiary/aromatic N) is 4. The van der Waals surface area contributed by atoms with Crippen LogP contribution < -0.4 is 10.5 Å². The third kappa shape index (κ3) is 4.19. The van der Waals surface area contributed by atoms with E-state index >= 15 is 0 Å². The minimum absolute atomic E-state index is 0.0841. The maximum absolute atomic E-state index is 12.5. The first-order valence-corrected chi connectivity index (χ1v) is 10.1. The van der Waals surface area contributed by atoms with Crippen LogP contribution in [-0.4, -0.2) is 46.2 Å². The van der Waals surface area contributed by atoms with Gasteiger partial charge in [-0.3, -0.25) is 4.57 Å². The number of anilines is 1. The zero-order chi connectivity index (χ0) is 20.3. The topological polar surface area (TPSA) is 136 Å². The molecule has 9 nitrogen and oxygen atoms in total. The lowest BCUT2D eigenvalue weighted by molar-refractivity contribution is 0.289. The van der Waals surface area contributed by atoms with E-state index in [-0.39, 0.29) is 23.9 Å². The van der Waals surface area contributed by atoms with Crippen molar-refractivity contribution in [2.75, 3.05) is 18.9 Å². The summed E-state index contributed by atoms with van der Waals surface area (Å²) in [5.41, 5.74) is 8.76. The number of aryl methyl sites for hydroxylation is 2. The van der Waals surface area contributed by atoms with Crippen molar-refractivity contribution in [3.63, 3.8) is 0 Å². The van der Waals surface area contributed by atoms with E-state index in [2.05, 4.69) is 19.7 Å². The summed E-state index contributed by atoms with van der Waals surface area (Å²) in [5.74, 6) is 0.667. The van der Waals surface area contributed by atoms with Gasteiger partial charge in [0.25, 0.3) is 0 Å². The number of aliphatic hydroxyl groups is 1. The first-order chi connectivity index (χ1) is 13.3. The Bertz CT molecular complexity index is 1090. The van der Waals surface area contributed by atoms with Gasteiger partial charge in [0, 0.05) is 24.9 Å². The van der Waals surface area contributed by atoms with Gasteiger partial charge in [-0.25, -0.2) is 28.1 Å². The Hall–Kier alpha value is -2.82. The summed E-state index contributed by atoms with van der Waals surface area (Å²) in [4.78, 5) is 13.1. The van der Waals surface area contributed by atoms with Gasteiger partial charge in [0.2, 0.25) is 10.0 Å². The molecule has 3 aromatic rings. The molecule has 0 saturated carbocycles. The van der Waals surface area contributed by atoms with E-state index in [1.54, 1.807) is 29.2 Å². The van der Waals surface area contributed by atoms with Crippen molar-refractivity contribution >= 4 is 15.8 Å². The summed E-state index contributed by atoms with van der Waals surface area (Å²) in [6.07, 6.45) is 5.23. The molecule has 0 saturated heterocycles. The number of benzene rings is 1. The number of sulfonamides is 1. The Balaban J connectivity index is 2.02. The third-order valence-corrected chi connectivity index (χ3v) is 5.62. The average Bonchev–Trinajstić information content (AvgIpc) is 3.09. The Morgan fingerprint density at radius 2 is 2.04 bits per heavy atom. The van der Waals surface area contributed by atoms with Crippen LogP contribution in [0.3, 0.4) is 0 Å². The highest BCUT2D eigenvalue weighted by Gasteiger charge is 2.17. The number of hydrogen-bond acceptors (Lipinski definition) is 7. The SMILES string of the molecule is Cc1cn(-c2nc(-c3cc(S(=O)(=O)NCCCO)ccc3C)cnc2N)cn1. The van der Waals surface area contributed by atoms with Crippen LogP contribution in [0, 0.1) is 13.8 Å². The molecule has 0 spiro atoms. The number of aromatic nitrogens is 4. The van der Waals surface area contributed by atoms with Gasteiger partial charge in [0.05, 0.1) is 22.5 Å². The van der Waals surface area contributed by atoms with Crippen LogP contribution >= 0.6 is 0 Å². The van der Waals surface area contributed by atoms with Gasteiger partial charge in [0.1, 0.15) is 6.33 Å². The number of nitrogen functional groups attached to an aromatic ring is 1. The quantitative estimate of drug-likeness (QED) is 0.505. The average molecular weight is 402 g/mol. The molecule has 28 heavy (non-hydrogen) atoms. The number of imidazole rings is 1. The fourth-order valence-corrected chi connectivity index (χ4v) is 3.76. The summed E-state index contributed by atoms with van der Waals surface area (Å²) < 4.78 is 29.1. The highest BCUT2D eigenvalue weighted by atomic mass is 32.2. The summed E-state index contributed by atoms with van der Waals surface area (Å²) in [6, 6.07) is 4.81. The van der Waals surface area contributed by atoms with Crippen LogP contribution in [0.1, 0.15) is 17.7 Å². The number of aliphatic hydroxyl groups excluding tert-OH is 1. The number of nitrogens with one attached hydrogen (secondary N) is 1. The standard InChI is InChI=1S/C18H22N6O3S/c1-12-4-5-14(28(26,27)22-6-3-7-25)8-15(12)16-9-20-17(19)18(23-16)24-10-13(2)21-11-24/h4-5,8-11,22,25H,3,6-7H2,1-2H3,(H2,19,20). The van der Waals surface area contributed by atoms with E-state index < -0.39 is 10.0 Å². The highest BCUT2D eigenvalue weighted by molar-refractivity contribution is 7.89. The van der Waals surface area contributed by atoms with Crippen LogP contribution in [0.5, 0.6) is 0 Å². The van der Waals surface area contributed by atoms with E-state index in [1.807, 2.05) is 13.8 Å². The van der Waals surface area contributed by atoms with Gasteiger partial charge < -0.3 is 10.8 Å². The fourth-order valence-electron chi connectivity index (χ4n) is 2.66. The van der Waals surface area contributed by atoms with Crippen LogP contribution in [-0.2, 0) is 10.0 Å². The van der Waals surface area contributed by atoms with Crippen molar-refractivity contribution in [2.24, 2.45) is 0 Å². The van der Waals surface area contributed by atoms with Crippen molar-refractivity contribution in [2.45, 2.75) is 25.2 Å². The Morgan fingerprint density at radius 3 is 2.71 bits per heavy atom. The van der Waals surface area contributed by atoms with Crippen molar-refractivity contribution in [1.29, 1.82) is 0 Å². The Kier molecular flexibility index (Phi) is 5.73. The smallest absolute Gasteiger partial charge is 0.240 e. The molecule has 0 radical (unpaired) electrons. The molecule has 0 atom stereocenters. The molecular weight excluding hydrogens is 380 g/mol. The van der Waals surface area contributed by atoms with Crippen LogP contribution in [0.4, 0.5) is 5.82 Å². The molecule has 2 aromatic heterocycles. The molecule has 0 bridgehead atoms. The summed E-state index contributed by atoms with van der Waals surface area (Å²) in [6.45, 7) is 3.79. The van der Waals surface area contributed by atoms with Gasteiger partial charge in [0.15, 0.2) is 11.6 Å². The molecule has 3 rings (SSSR count). The van der Waals surface area contributed by atoms with E-state index in [1.165, 1.54) is 12.3 Å². The maximum atomic E-state index is 12.5. The summed E-state index contributed by atoms with van der Waals surface area (Å²) >= 11 is 0. The zero-order valence-electron chi connectivity index (χ0n) is 15.6. The second kappa shape index (κ2) is 8.05. The van der Waals surface area contributed by atoms with Crippen molar-refractivity contribution in [3.8, 4) is 17.1 Å². The lowest BCUT2D eigenvalue weighted by atomic mass is 10.1. The molecule has 0 aliphatic rings. The second-order valence-electron chi connectivity index (χ2n) is 6.34.